The average molecular weight is 226 g/mol. The van der Waals surface area contributed by atoms with Crippen LogP contribution in [0.3, 0.4) is 0 Å². The van der Waals surface area contributed by atoms with Crippen LogP contribution in [0.5, 0.6) is 0 Å². The Hall–Kier alpha value is -1.49. The largest absolute Gasteiger partial charge is 0.365 e. The number of thiazole rings is 1. The van der Waals surface area contributed by atoms with Gasteiger partial charge >= 0.3 is 0 Å². The second kappa shape index (κ2) is 3.94. The van der Waals surface area contributed by atoms with Gasteiger partial charge in [-0.1, -0.05) is 0 Å². The summed E-state index contributed by atoms with van der Waals surface area (Å²) < 4.78 is 26.0. The van der Waals surface area contributed by atoms with E-state index in [4.69, 9.17) is 0 Å². The molecule has 2 rings (SSSR count). The van der Waals surface area contributed by atoms with Crippen LogP contribution in [-0.4, -0.2) is 12.0 Å². The Morgan fingerprint density at radius 1 is 1.33 bits per heavy atom. The summed E-state index contributed by atoms with van der Waals surface area (Å²) in [5, 5.41) is 5.29. The Bertz CT molecular complexity index is 482. The Labute approximate surface area is 89.6 Å². The number of aromatic nitrogens is 1. The molecule has 1 heterocycles. The van der Waals surface area contributed by atoms with E-state index in [1.165, 1.54) is 23.5 Å². The fourth-order valence-corrected chi connectivity index (χ4v) is 1.88. The van der Waals surface area contributed by atoms with Crippen LogP contribution in [0.2, 0.25) is 0 Å². The van der Waals surface area contributed by atoms with Crippen LogP contribution in [-0.2, 0) is 0 Å². The lowest BCUT2D eigenvalue weighted by Crippen LogP contribution is -1.88. The summed E-state index contributed by atoms with van der Waals surface area (Å²) in [6.45, 7) is 0. The van der Waals surface area contributed by atoms with Crippen LogP contribution in [0, 0.1) is 11.6 Å². The van der Waals surface area contributed by atoms with Gasteiger partial charge in [0, 0.05) is 24.1 Å². The Morgan fingerprint density at radius 2 is 2.13 bits per heavy atom. The highest BCUT2D eigenvalue weighted by molar-refractivity contribution is 7.14. The molecule has 15 heavy (non-hydrogen) atoms. The van der Waals surface area contributed by atoms with E-state index in [1.807, 2.05) is 0 Å². The molecule has 1 N–H and O–H groups in total. The van der Waals surface area contributed by atoms with Crippen molar-refractivity contribution in [3.05, 3.63) is 35.2 Å². The molecule has 0 radical (unpaired) electrons. The van der Waals surface area contributed by atoms with E-state index in [-0.39, 0.29) is 0 Å². The minimum Gasteiger partial charge on any atom is -0.365 e. The highest BCUT2D eigenvalue weighted by Gasteiger charge is 2.09. The van der Waals surface area contributed by atoms with Gasteiger partial charge in [-0.2, -0.15) is 0 Å². The molecule has 2 aromatic rings. The summed E-state index contributed by atoms with van der Waals surface area (Å²) in [5.41, 5.74) is 0.830. The number of hydrogen-bond acceptors (Lipinski definition) is 3. The lowest BCUT2D eigenvalue weighted by Gasteiger charge is -1.98. The first-order chi connectivity index (χ1) is 7.20. The molecule has 1 aromatic carbocycles. The third-order valence-electron chi connectivity index (χ3n) is 1.93. The zero-order valence-electron chi connectivity index (χ0n) is 7.92. The summed E-state index contributed by atoms with van der Waals surface area (Å²) in [6.07, 6.45) is 0. The second-order valence-electron chi connectivity index (χ2n) is 2.91. The highest BCUT2D eigenvalue weighted by Crippen LogP contribution is 2.26. The van der Waals surface area contributed by atoms with E-state index in [1.54, 1.807) is 12.4 Å². The second-order valence-corrected chi connectivity index (χ2v) is 3.77. The van der Waals surface area contributed by atoms with Crippen molar-refractivity contribution < 1.29 is 8.78 Å². The summed E-state index contributed by atoms with van der Waals surface area (Å²) >= 11 is 1.37. The first kappa shape index (κ1) is 10.0. The summed E-state index contributed by atoms with van der Waals surface area (Å²) in [6, 6.07) is 3.46. The molecule has 1 aromatic heterocycles. The van der Waals surface area contributed by atoms with Gasteiger partial charge in [-0.05, 0) is 12.1 Å². The average Bonchev–Trinajstić information content (AvgIpc) is 2.66. The molecule has 0 aliphatic carbocycles. The van der Waals surface area contributed by atoms with E-state index >= 15 is 0 Å². The highest BCUT2D eigenvalue weighted by atomic mass is 32.1. The summed E-state index contributed by atoms with van der Waals surface area (Å²) in [5.74, 6) is -1.18. The molecule has 0 saturated heterocycles. The first-order valence-electron chi connectivity index (χ1n) is 4.29. The van der Waals surface area contributed by atoms with Crippen molar-refractivity contribution >= 4 is 16.5 Å². The van der Waals surface area contributed by atoms with Crippen LogP contribution in [0.1, 0.15) is 0 Å². The van der Waals surface area contributed by atoms with Crippen LogP contribution >= 0.6 is 11.3 Å². The standard InChI is InChI=1S/C10H8F2N2S/c1-13-10-14-9(5-15-10)7-3-2-6(11)4-8(7)12/h2-5H,1H3,(H,13,14). The topological polar surface area (TPSA) is 24.9 Å². The van der Waals surface area contributed by atoms with Crippen molar-refractivity contribution in [2.24, 2.45) is 0 Å². The van der Waals surface area contributed by atoms with Crippen LogP contribution < -0.4 is 5.32 Å². The molecule has 0 amide bonds. The molecule has 0 spiro atoms. The van der Waals surface area contributed by atoms with Gasteiger partial charge in [-0.3, -0.25) is 0 Å². The third kappa shape index (κ3) is 1.97. The summed E-state index contributed by atoms with van der Waals surface area (Å²) in [7, 11) is 1.74. The minimum atomic E-state index is -0.594. The molecule has 0 aliphatic heterocycles. The van der Waals surface area contributed by atoms with E-state index in [9.17, 15) is 8.78 Å². The zero-order valence-corrected chi connectivity index (χ0v) is 8.74. The van der Waals surface area contributed by atoms with Crippen LogP contribution in [0.25, 0.3) is 11.3 Å². The molecule has 0 fully saturated rings. The summed E-state index contributed by atoms with van der Waals surface area (Å²) in [4.78, 5) is 4.13. The minimum absolute atomic E-state index is 0.314. The van der Waals surface area contributed by atoms with Gasteiger partial charge in [0.2, 0.25) is 0 Å². The Morgan fingerprint density at radius 3 is 2.73 bits per heavy atom. The number of benzene rings is 1. The Kier molecular flexibility index (Phi) is 2.64. The van der Waals surface area contributed by atoms with Gasteiger partial charge in [-0.15, -0.1) is 11.3 Å². The van der Waals surface area contributed by atoms with Gasteiger partial charge in [0.25, 0.3) is 0 Å². The maximum atomic E-state index is 13.4. The van der Waals surface area contributed by atoms with Gasteiger partial charge < -0.3 is 5.32 Å². The molecule has 0 saturated carbocycles. The zero-order chi connectivity index (χ0) is 10.8. The number of nitrogens with one attached hydrogen (secondary N) is 1. The van der Waals surface area contributed by atoms with Crippen molar-refractivity contribution in [2.45, 2.75) is 0 Å². The van der Waals surface area contributed by atoms with E-state index < -0.39 is 11.6 Å². The molecule has 0 bridgehead atoms. The van der Waals surface area contributed by atoms with Crippen LogP contribution in [0.15, 0.2) is 23.6 Å². The fraction of sp³-hybridized carbons (Fsp3) is 0.100. The van der Waals surface area contributed by atoms with Crippen molar-refractivity contribution in [1.29, 1.82) is 0 Å². The predicted molar refractivity (Wildman–Crippen MR) is 57.0 cm³/mol. The number of nitrogens with zero attached hydrogens (tertiary/aromatic N) is 1. The number of hydrogen-bond donors (Lipinski definition) is 1. The number of rotatable bonds is 2. The maximum Gasteiger partial charge on any atom is 0.182 e. The molecule has 0 unspecified atom stereocenters. The normalized spacial score (nSPS) is 10.3. The maximum absolute atomic E-state index is 13.4. The smallest absolute Gasteiger partial charge is 0.182 e. The molecular formula is C10H8F2N2S. The number of anilines is 1. The van der Waals surface area contributed by atoms with E-state index in [2.05, 4.69) is 10.3 Å². The van der Waals surface area contributed by atoms with Gasteiger partial charge in [0.05, 0.1) is 5.69 Å². The Balaban J connectivity index is 2.44. The van der Waals surface area contributed by atoms with Crippen molar-refractivity contribution in [2.75, 3.05) is 12.4 Å². The number of halogens is 2. The predicted octanol–water partition coefficient (Wildman–Crippen LogP) is 3.13. The molecule has 2 nitrogen and oxygen atoms in total. The van der Waals surface area contributed by atoms with Crippen molar-refractivity contribution in [3.63, 3.8) is 0 Å². The van der Waals surface area contributed by atoms with Gasteiger partial charge in [-0.25, -0.2) is 13.8 Å². The third-order valence-corrected chi connectivity index (χ3v) is 2.78. The SMILES string of the molecule is CNc1nc(-c2ccc(F)cc2F)cs1. The van der Waals surface area contributed by atoms with E-state index in [0.717, 1.165) is 6.07 Å². The van der Waals surface area contributed by atoms with Gasteiger partial charge in [0.1, 0.15) is 11.6 Å². The molecule has 0 aliphatic rings. The molecule has 5 heteroatoms. The first-order valence-corrected chi connectivity index (χ1v) is 5.17. The lowest BCUT2D eigenvalue weighted by atomic mass is 10.1. The molecule has 0 atom stereocenters. The van der Waals surface area contributed by atoms with E-state index in [0.29, 0.717) is 16.4 Å². The fourth-order valence-electron chi connectivity index (χ4n) is 1.21. The monoisotopic (exact) mass is 226 g/mol. The molecular weight excluding hydrogens is 218 g/mol. The van der Waals surface area contributed by atoms with Crippen molar-refractivity contribution in [3.8, 4) is 11.3 Å². The van der Waals surface area contributed by atoms with Gasteiger partial charge in [0.15, 0.2) is 5.13 Å². The lowest BCUT2D eigenvalue weighted by molar-refractivity contribution is 0.585. The quantitative estimate of drug-likeness (QED) is 0.851. The van der Waals surface area contributed by atoms with Crippen LogP contribution in [0.4, 0.5) is 13.9 Å². The van der Waals surface area contributed by atoms with Crippen molar-refractivity contribution in [1.82, 2.24) is 4.98 Å². The molecule has 78 valence electrons.